The van der Waals surface area contributed by atoms with E-state index in [0.29, 0.717) is 17.8 Å². The van der Waals surface area contributed by atoms with Gasteiger partial charge in [-0.15, -0.1) is 10.2 Å². The predicted octanol–water partition coefficient (Wildman–Crippen LogP) is 0.275. The fourth-order valence-corrected chi connectivity index (χ4v) is 1.91. The molecule has 0 bridgehead atoms. The van der Waals surface area contributed by atoms with Gasteiger partial charge in [0, 0.05) is 12.6 Å². The summed E-state index contributed by atoms with van der Waals surface area (Å²) in [5.41, 5.74) is 0. The zero-order valence-corrected chi connectivity index (χ0v) is 9.10. The second kappa shape index (κ2) is 4.67. The molecule has 0 aromatic carbocycles. The number of hydrogen-bond acceptors (Lipinski definition) is 5. The van der Waals surface area contributed by atoms with E-state index in [1.165, 1.54) is 0 Å². The Kier molecular flexibility index (Phi) is 3.27. The van der Waals surface area contributed by atoms with Crippen molar-refractivity contribution in [2.24, 2.45) is 5.92 Å². The maximum Gasteiger partial charge on any atom is 0.191 e. The second-order valence-electron chi connectivity index (χ2n) is 4.07. The molecule has 1 aliphatic heterocycles. The molecule has 1 fully saturated rings. The van der Waals surface area contributed by atoms with Gasteiger partial charge in [0.15, 0.2) is 5.82 Å². The van der Waals surface area contributed by atoms with E-state index in [0.717, 1.165) is 19.6 Å². The van der Waals surface area contributed by atoms with Crippen molar-refractivity contribution in [2.45, 2.75) is 32.4 Å². The summed E-state index contributed by atoms with van der Waals surface area (Å²) in [7, 11) is 0. The molecule has 15 heavy (non-hydrogen) atoms. The largest absolute Gasteiger partial charge is 0.381 e. The molecule has 2 rings (SSSR count). The quantitative estimate of drug-likeness (QED) is 0.748. The summed E-state index contributed by atoms with van der Waals surface area (Å²) in [5, 5.41) is 17.4. The van der Waals surface area contributed by atoms with Crippen LogP contribution < -0.4 is 5.32 Å². The summed E-state index contributed by atoms with van der Waals surface area (Å²) in [6.07, 6.45) is 1.13. The third kappa shape index (κ3) is 2.51. The van der Waals surface area contributed by atoms with E-state index in [4.69, 9.17) is 4.74 Å². The van der Waals surface area contributed by atoms with Crippen molar-refractivity contribution >= 4 is 0 Å². The number of tetrazole rings is 1. The number of aromatic amines is 1. The lowest BCUT2D eigenvalue weighted by atomic mass is 10.00. The van der Waals surface area contributed by atoms with Gasteiger partial charge in [0.05, 0.1) is 12.6 Å². The minimum atomic E-state index is 0.124. The Bertz CT molecular complexity index is 283. The van der Waals surface area contributed by atoms with Gasteiger partial charge >= 0.3 is 0 Å². The molecule has 3 atom stereocenters. The Morgan fingerprint density at radius 3 is 3.00 bits per heavy atom. The summed E-state index contributed by atoms with van der Waals surface area (Å²) >= 11 is 0. The highest BCUT2D eigenvalue weighted by Gasteiger charge is 2.24. The van der Waals surface area contributed by atoms with Crippen LogP contribution in [0.4, 0.5) is 0 Å². The predicted molar refractivity (Wildman–Crippen MR) is 54.1 cm³/mol. The Balaban J connectivity index is 1.85. The Morgan fingerprint density at radius 1 is 1.53 bits per heavy atom. The second-order valence-corrected chi connectivity index (χ2v) is 4.07. The Morgan fingerprint density at radius 2 is 2.40 bits per heavy atom. The topological polar surface area (TPSA) is 75.7 Å². The van der Waals surface area contributed by atoms with Crippen molar-refractivity contribution in [3.8, 4) is 0 Å². The minimum Gasteiger partial charge on any atom is -0.381 e. The van der Waals surface area contributed by atoms with Gasteiger partial charge in [-0.1, -0.05) is 5.21 Å². The number of H-pyrrole nitrogens is 1. The Labute approximate surface area is 88.8 Å². The van der Waals surface area contributed by atoms with Gasteiger partial charge in [-0.05, 0) is 26.2 Å². The van der Waals surface area contributed by atoms with Gasteiger partial charge in [-0.2, -0.15) is 5.21 Å². The fourth-order valence-electron chi connectivity index (χ4n) is 1.91. The van der Waals surface area contributed by atoms with Crippen LogP contribution in [0.15, 0.2) is 0 Å². The van der Waals surface area contributed by atoms with E-state index in [1.807, 2.05) is 6.92 Å². The summed E-state index contributed by atoms with van der Waals surface area (Å²) in [6.45, 7) is 5.95. The number of aromatic nitrogens is 4. The third-order valence-corrected chi connectivity index (χ3v) is 2.93. The molecule has 0 aliphatic carbocycles. The molecule has 6 nitrogen and oxygen atoms in total. The normalized spacial score (nSPS) is 25.3. The SMILES string of the molecule is CC(NC(C)C1CCOC1)c1nn[nH]n1. The average Bonchev–Trinajstić information content (AvgIpc) is 2.91. The van der Waals surface area contributed by atoms with Crippen molar-refractivity contribution in [3.63, 3.8) is 0 Å². The van der Waals surface area contributed by atoms with Crippen molar-refractivity contribution in [1.82, 2.24) is 25.9 Å². The number of rotatable bonds is 4. The lowest BCUT2D eigenvalue weighted by Gasteiger charge is -2.22. The van der Waals surface area contributed by atoms with E-state index in [2.05, 4.69) is 32.9 Å². The van der Waals surface area contributed by atoms with Crippen LogP contribution in [0, 0.1) is 5.92 Å². The monoisotopic (exact) mass is 211 g/mol. The van der Waals surface area contributed by atoms with Crippen LogP contribution in [0.5, 0.6) is 0 Å². The number of nitrogens with one attached hydrogen (secondary N) is 2. The van der Waals surface area contributed by atoms with E-state index < -0.39 is 0 Å². The van der Waals surface area contributed by atoms with Gasteiger partial charge in [0.2, 0.25) is 0 Å². The molecular formula is C9H17N5O. The molecule has 0 spiro atoms. The molecule has 2 N–H and O–H groups in total. The summed E-state index contributed by atoms with van der Waals surface area (Å²) in [5.74, 6) is 1.31. The molecule has 6 heteroatoms. The molecule has 0 amide bonds. The summed E-state index contributed by atoms with van der Waals surface area (Å²) in [4.78, 5) is 0. The van der Waals surface area contributed by atoms with Gasteiger partial charge in [-0.3, -0.25) is 0 Å². The summed E-state index contributed by atoms with van der Waals surface area (Å²) in [6, 6.07) is 0.542. The lowest BCUT2D eigenvalue weighted by molar-refractivity contribution is 0.176. The maximum atomic E-state index is 5.36. The minimum absolute atomic E-state index is 0.124. The fraction of sp³-hybridized carbons (Fsp3) is 0.889. The first-order valence-corrected chi connectivity index (χ1v) is 5.34. The van der Waals surface area contributed by atoms with Crippen molar-refractivity contribution in [2.75, 3.05) is 13.2 Å². The molecule has 1 aliphatic rings. The van der Waals surface area contributed by atoms with Gasteiger partial charge < -0.3 is 10.1 Å². The van der Waals surface area contributed by atoms with Crippen LogP contribution in [-0.4, -0.2) is 39.9 Å². The molecule has 1 aromatic rings. The molecule has 2 heterocycles. The van der Waals surface area contributed by atoms with Gasteiger partial charge in [-0.25, -0.2) is 0 Å². The first-order chi connectivity index (χ1) is 7.27. The standard InChI is InChI=1S/C9H17N5O/c1-6(8-3-4-15-5-8)10-7(2)9-11-13-14-12-9/h6-8,10H,3-5H2,1-2H3,(H,11,12,13,14). The molecular weight excluding hydrogens is 194 g/mol. The average molecular weight is 211 g/mol. The third-order valence-electron chi connectivity index (χ3n) is 2.93. The van der Waals surface area contributed by atoms with Crippen LogP contribution in [-0.2, 0) is 4.74 Å². The van der Waals surface area contributed by atoms with Crippen molar-refractivity contribution < 1.29 is 4.74 Å². The summed E-state index contributed by atoms with van der Waals surface area (Å²) < 4.78 is 5.36. The molecule has 3 unspecified atom stereocenters. The first kappa shape index (κ1) is 10.5. The molecule has 84 valence electrons. The smallest absolute Gasteiger partial charge is 0.191 e. The van der Waals surface area contributed by atoms with Crippen molar-refractivity contribution in [1.29, 1.82) is 0 Å². The highest BCUT2D eigenvalue weighted by molar-refractivity contribution is 4.88. The lowest BCUT2D eigenvalue weighted by Crippen LogP contribution is -2.36. The van der Waals surface area contributed by atoms with E-state index in [9.17, 15) is 0 Å². The highest BCUT2D eigenvalue weighted by atomic mass is 16.5. The van der Waals surface area contributed by atoms with Crippen LogP contribution >= 0.6 is 0 Å². The highest BCUT2D eigenvalue weighted by Crippen LogP contribution is 2.18. The molecule has 0 radical (unpaired) electrons. The van der Waals surface area contributed by atoms with E-state index in [-0.39, 0.29) is 6.04 Å². The van der Waals surface area contributed by atoms with Crippen molar-refractivity contribution in [3.05, 3.63) is 5.82 Å². The zero-order chi connectivity index (χ0) is 10.7. The van der Waals surface area contributed by atoms with Gasteiger partial charge in [0.1, 0.15) is 0 Å². The molecule has 1 saturated heterocycles. The van der Waals surface area contributed by atoms with Gasteiger partial charge in [0.25, 0.3) is 0 Å². The zero-order valence-electron chi connectivity index (χ0n) is 9.10. The number of ether oxygens (including phenoxy) is 1. The first-order valence-electron chi connectivity index (χ1n) is 5.34. The van der Waals surface area contributed by atoms with Crippen LogP contribution in [0.1, 0.15) is 32.1 Å². The Hall–Kier alpha value is -1.01. The molecule has 1 aromatic heterocycles. The van der Waals surface area contributed by atoms with Crippen LogP contribution in [0.25, 0.3) is 0 Å². The van der Waals surface area contributed by atoms with E-state index in [1.54, 1.807) is 0 Å². The van der Waals surface area contributed by atoms with E-state index >= 15 is 0 Å². The number of nitrogens with zero attached hydrogens (tertiary/aromatic N) is 3. The maximum absolute atomic E-state index is 5.36. The van der Waals surface area contributed by atoms with Crippen LogP contribution in [0.2, 0.25) is 0 Å². The van der Waals surface area contributed by atoms with Crippen LogP contribution in [0.3, 0.4) is 0 Å². The molecule has 0 saturated carbocycles. The number of hydrogen-bond donors (Lipinski definition) is 2.